The molecule has 0 aromatic carbocycles. The van der Waals surface area contributed by atoms with E-state index in [2.05, 4.69) is 10.2 Å². The Hall–Kier alpha value is -1.08. The van der Waals surface area contributed by atoms with Gasteiger partial charge >= 0.3 is 0 Å². The van der Waals surface area contributed by atoms with Crippen molar-refractivity contribution in [3.05, 3.63) is 5.82 Å². The van der Waals surface area contributed by atoms with Gasteiger partial charge in [0.1, 0.15) is 5.82 Å². The SMILES string of the molecule is CCN(CC)C(=O)CSc1nnc(CN)n1CC. The van der Waals surface area contributed by atoms with E-state index in [-0.39, 0.29) is 5.91 Å². The minimum absolute atomic E-state index is 0.130. The molecule has 7 heteroatoms. The van der Waals surface area contributed by atoms with Gasteiger partial charge in [0.15, 0.2) is 5.16 Å². The average Bonchev–Trinajstić information content (AvgIpc) is 2.79. The summed E-state index contributed by atoms with van der Waals surface area (Å²) < 4.78 is 1.94. The van der Waals surface area contributed by atoms with E-state index >= 15 is 0 Å². The highest BCUT2D eigenvalue weighted by Gasteiger charge is 2.14. The van der Waals surface area contributed by atoms with Gasteiger partial charge in [0, 0.05) is 19.6 Å². The lowest BCUT2D eigenvalue weighted by atomic mass is 10.5. The van der Waals surface area contributed by atoms with Gasteiger partial charge in [-0.1, -0.05) is 11.8 Å². The second kappa shape index (κ2) is 7.38. The van der Waals surface area contributed by atoms with E-state index < -0.39 is 0 Å². The van der Waals surface area contributed by atoms with Crippen molar-refractivity contribution in [2.75, 3.05) is 18.8 Å². The van der Waals surface area contributed by atoms with Crippen LogP contribution in [0.15, 0.2) is 5.16 Å². The fourth-order valence-corrected chi connectivity index (χ4v) is 2.61. The van der Waals surface area contributed by atoms with E-state index in [0.29, 0.717) is 12.3 Å². The van der Waals surface area contributed by atoms with Crippen LogP contribution in [0.1, 0.15) is 26.6 Å². The summed E-state index contributed by atoms with van der Waals surface area (Å²) >= 11 is 1.42. The highest BCUT2D eigenvalue weighted by molar-refractivity contribution is 7.99. The second-order valence-corrected chi connectivity index (χ2v) is 4.64. The quantitative estimate of drug-likeness (QED) is 0.739. The van der Waals surface area contributed by atoms with Crippen molar-refractivity contribution < 1.29 is 4.79 Å². The predicted molar refractivity (Wildman–Crippen MR) is 72.2 cm³/mol. The molecule has 0 radical (unpaired) electrons. The maximum absolute atomic E-state index is 11.9. The van der Waals surface area contributed by atoms with Crippen LogP contribution in [0.3, 0.4) is 0 Å². The van der Waals surface area contributed by atoms with Crippen LogP contribution in [-0.4, -0.2) is 44.4 Å². The van der Waals surface area contributed by atoms with Gasteiger partial charge < -0.3 is 15.2 Å². The number of nitrogens with zero attached hydrogens (tertiary/aromatic N) is 4. The Labute approximate surface area is 112 Å². The molecular weight excluding hydrogens is 250 g/mol. The molecular formula is C11H21N5OS. The van der Waals surface area contributed by atoms with Gasteiger partial charge in [-0.25, -0.2) is 0 Å². The molecule has 2 N–H and O–H groups in total. The minimum atomic E-state index is 0.130. The number of carbonyl (C=O) groups excluding carboxylic acids is 1. The van der Waals surface area contributed by atoms with Crippen LogP contribution in [-0.2, 0) is 17.9 Å². The van der Waals surface area contributed by atoms with E-state index in [1.165, 1.54) is 11.8 Å². The average molecular weight is 271 g/mol. The molecule has 0 fully saturated rings. The van der Waals surface area contributed by atoms with Crippen LogP contribution < -0.4 is 5.73 Å². The fourth-order valence-electron chi connectivity index (χ4n) is 1.69. The first kappa shape index (κ1) is 15.0. The molecule has 102 valence electrons. The lowest BCUT2D eigenvalue weighted by Gasteiger charge is -2.18. The lowest BCUT2D eigenvalue weighted by Crippen LogP contribution is -2.31. The Kier molecular flexibility index (Phi) is 6.14. The third-order valence-electron chi connectivity index (χ3n) is 2.73. The monoisotopic (exact) mass is 271 g/mol. The third-order valence-corrected chi connectivity index (χ3v) is 3.68. The van der Waals surface area contributed by atoms with Crippen LogP contribution in [0.25, 0.3) is 0 Å². The molecule has 0 bridgehead atoms. The van der Waals surface area contributed by atoms with E-state index in [1.54, 1.807) is 0 Å². The molecule has 0 atom stereocenters. The molecule has 1 aromatic rings. The van der Waals surface area contributed by atoms with Crippen molar-refractivity contribution in [1.82, 2.24) is 19.7 Å². The first-order valence-electron chi connectivity index (χ1n) is 6.20. The summed E-state index contributed by atoms with van der Waals surface area (Å²) in [6, 6.07) is 0. The Morgan fingerprint density at radius 3 is 2.50 bits per heavy atom. The summed E-state index contributed by atoms with van der Waals surface area (Å²) in [5.74, 6) is 1.28. The summed E-state index contributed by atoms with van der Waals surface area (Å²) in [5, 5.41) is 8.84. The number of hydrogen-bond acceptors (Lipinski definition) is 5. The predicted octanol–water partition coefficient (Wildman–Crippen LogP) is 0.717. The molecule has 6 nitrogen and oxygen atoms in total. The van der Waals surface area contributed by atoms with Gasteiger partial charge in [0.05, 0.1) is 12.3 Å². The van der Waals surface area contributed by atoms with Crippen molar-refractivity contribution in [3.8, 4) is 0 Å². The van der Waals surface area contributed by atoms with Crippen molar-refractivity contribution in [3.63, 3.8) is 0 Å². The van der Waals surface area contributed by atoms with E-state index in [0.717, 1.165) is 30.6 Å². The summed E-state index contributed by atoms with van der Waals surface area (Å²) in [6.45, 7) is 8.58. The normalized spacial score (nSPS) is 10.7. The molecule has 0 aliphatic rings. The van der Waals surface area contributed by atoms with Crippen molar-refractivity contribution in [1.29, 1.82) is 0 Å². The molecule has 0 aliphatic carbocycles. The fraction of sp³-hybridized carbons (Fsp3) is 0.727. The number of nitrogens with two attached hydrogens (primary N) is 1. The maximum atomic E-state index is 11.9. The Morgan fingerprint density at radius 2 is 2.00 bits per heavy atom. The largest absolute Gasteiger partial charge is 0.343 e. The van der Waals surface area contributed by atoms with Crippen molar-refractivity contribution >= 4 is 17.7 Å². The molecule has 0 spiro atoms. The Bertz CT molecular complexity index is 389. The molecule has 0 saturated heterocycles. The molecule has 0 saturated carbocycles. The van der Waals surface area contributed by atoms with Gasteiger partial charge in [-0.3, -0.25) is 4.79 Å². The summed E-state index contributed by atoms with van der Waals surface area (Å²) in [5.41, 5.74) is 5.58. The van der Waals surface area contributed by atoms with E-state index in [9.17, 15) is 4.79 Å². The Balaban J connectivity index is 2.63. The number of aromatic nitrogens is 3. The lowest BCUT2D eigenvalue weighted by molar-refractivity contribution is -0.127. The topological polar surface area (TPSA) is 77.0 Å². The standard InChI is InChI=1S/C11H21N5OS/c1-4-15(5-2)10(17)8-18-11-14-13-9(7-12)16(11)6-3/h4-8,12H2,1-3H3. The number of amides is 1. The van der Waals surface area contributed by atoms with Crippen LogP contribution in [0.2, 0.25) is 0 Å². The van der Waals surface area contributed by atoms with E-state index in [4.69, 9.17) is 5.73 Å². The van der Waals surface area contributed by atoms with Crippen LogP contribution >= 0.6 is 11.8 Å². The number of rotatable bonds is 7. The van der Waals surface area contributed by atoms with Crippen LogP contribution in [0.5, 0.6) is 0 Å². The third kappa shape index (κ3) is 3.46. The zero-order chi connectivity index (χ0) is 13.5. The number of thioether (sulfide) groups is 1. The van der Waals surface area contributed by atoms with Gasteiger partial charge in [0.25, 0.3) is 0 Å². The molecule has 0 unspecified atom stereocenters. The van der Waals surface area contributed by atoms with Gasteiger partial charge in [-0.2, -0.15) is 0 Å². The molecule has 18 heavy (non-hydrogen) atoms. The highest BCUT2D eigenvalue weighted by Crippen LogP contribution is 2.17. The van der Waals surface area contributed by atoms with Gasteiger partial charge in [0.2, 0.25) is 5.91 Å². The molecule has 1 heterocycles. The first-order valence-corrected chi connectivity index (χ1v) is 7.19. The smallest absolute Gasteiger partial charge is 0.233 e. The number of carbonyl (C=O) groups is 1. The van der Waals surface area contributed by atoms with Crippen LogP contribution in [0.4, 0.5) is 0 Å². The maximum Gasteiger partial charge on any atom is 0.233 e. The van der Waals surface area contributed by atoms with Crippen molar-refractivity contribution in [2.24, 2.45) is 5.73 Å². The molecule has 0 aliphatic heterocycles. The zero-order valence-corrected chi connectivity index (χ0v) is 12.0. The Morgan fingerprint density at radius 1 is 1.33 bits per heavy atom. The van der Waals surface area contributed by atoms with Gasteiger partial charge in [-0.05, 0) is 20.8 Å². The zero-order valence-electron chi connectivity index (χ0n) is 11.2. The number of hydrogen-bond donors (Lipinski definition) is 1. The molecule has 1 aromatic heterocycles. The molecule has 1 amide bonds. The summed E-state index contributed by atoms with van der Waals surface area (Å²) in [4.78, 5) is 13.7. The minimum Gasteiger partial charge on any atom is -0.343 e. The van der Waals surface area contributed by atoms with Crippen LogP contribution in [0, 0.1) is 0 Å². The molecule has 1 rings (SSSR count). The van der Waals surface area contributed by atoms with E-state index in [1.807, 2.05) is 30.2 Å². The summed E-state index contributed by atoms with van der Waals surface area (Å²) in [7, 11) is 0. The first-order chi connectivity index (χ1) is 8.67. The summed E-state index contributed by atoms with van der Waals surface area (Å²) in [6.07, 6.45) is 0. The van der Waals surface area contributed by atoms with Crippen molar-refractivity contribution in [2.45, 2.75) is 39.0 Å². The highest BCUT2D eigenvalue weighted by atomic mass is 32.2. The van der Waals surface area contributed by atoms with Gasteiger partial charge in [-0.15, -0.1) is 10.2 Å². The second-order valence-electron chi connectivity index (χ2n) is 3.70.